The first-order valence-corrected chi connectivity index (χ1v) is 23.2. The average Bonchev–Trinajstić information content (AvgIpc) is 3.87. The summed E-state index contributed by atoms with van der Waals surface area (Å²) in [5.41, 5.74) is 21.0. The lowest BCUT2D eigenvalue weighted by molar-refractivity contribution is 0.793. The van der Waals surface area contributed by atoms with Crippen LogP contribution in [0.25, 0.3) is 55.3 Å². The van der Waals surface area contributed by atoms with Gasteiger partial charge >= 0.3 is 0 Å². The van der Waals surface area contributed by atoms with Crippen molar-refractivity contribution in [1.29, 1.82) is 0 Å². The number of benzene rings is 11. The molecule has 2 nitrogen and oxygen atoms in total. The Bertz CT molecular complexity index is 3650. The third-order valence-corrected chi connectivity index (χ3v) is 14.0. The minimum atomic E-state index is -0.598. The van der Waals surface area contributed by atoms with Gasteiger partial charge in [-0.3, -0.25) is 0 Å². The summed E-state index contributed by atoms with van der Waals surface area (Å²) in [5, 5.41) is 2.42. The zero-order chi connectivity index (χ0) is 44.3. The van der Waals surface area contributed by atoms with Gasteiger partial charge in [-0.25, -0.2) is 0 Å². The van der Waals surface area contributed by atoms with E-state index in [-0.39, 0.29) is 0 Å². The van der Waals surface area contributed by atoms with Crippen molar-refractivity contribution in [3.8, 4) is 44.5 Å². The van der Waals surface area contributed by atoms with Crippen LogP contribution in [0.1, 0.15) is 22.3 Å². The van der Waals surface area contributed by atoms with Gasteiger partial charge in [0.2, 0.25) is 0 Å². The highest BCUT2D eigenvalue weighted by Crippen LogP contribution is 2.65. The second-order valence-electron chi connectivity index (χ2n) is 17.6. The van der Waals surface area contributed by atoms with Crippen molar-refractivity contribution >= 4 is 44.9 Å². The van der Waals surface area contributed by atoms with Gasteiger partial charge in [-0.1, -0.05) is 212 Å². The monoisotopic (exact) mass is 852 g/mol. The van der Waals surface area contributed by atoms with Crippen molar-refractivity contribution in [2.75, 3.05) is 9.80 Å². The molecule has 0 saturated carbocycles. The molecular formula is C65H44N2. The van der Waals surface area contributed by atoms with Crippen LogP contribution in [0.2, 0.25) is 0 Å². The van der Waals surface area contributed by atoms with E-state index >= 15 is 0 Å². The van der Waals surface area contributed by atoms with E-state index in [0.717, 1.165) is 34.1 Å². The summed E-state index contributed by atoms with van der Waals surface area (Å²) in [5.74, 6) is 0. The maximum atomic E-state index is 2.51. The van der Waals surface area contributed by atoms with E-state index in [4.69, 9.17) is 0 Å². The number of hydrogen-bond acceptors (Lipinski definition) is 2. The zero-order valence-corrected chi connectivity index (χ0v) is 36.8. The van der Waals surface area contributed by atoms with Crippen LogP contribution in [0.5, 0.6) is 0 Å². The first-order valence-electron chi connectivity index (χ1n) is 23.2. The number of nitrogens with zero attached hydrogens (tertiary/aromatic N) is 2. The van der Waals surface area contributed by atoms with Crippen LogP contribution in [0.3, 0.4) is 0 Å². The van der Waals surface area contributed by atoms with E-state index in [1.807, 2.05) is 0 Å². The molecule has 67 heavy (non-hydrogen) atoms. The summed E-state index contributed by atoms with van der Waals surface area (Å²) in [6, 6.07) is 98.2. The molecule has 0 fully saturated rings. The number of hydrogen-bond donors (Lipinski definition) is 0. The molecule has 11 aromatic rings. The topological polar surface area (TPSA) is 6.48 Å². The Labute approximate surface area is 391 Å². The van der Waals surface area contributed by atoms with Crippen LogP contribution in [-0.2, 0) is 5.41 Å². The molecule has 1 spiro atoms. The number of anilines is 6. The van der Waals surface area contributed by atoms with Crippen molar-refractivity contribution in [2.45, 2.75) is 5.41 Å². The quantitative estimate of drug-likeness (QED) is 0.150. The van der Waals surface area contributed by atoms with Crippen LogP contribution in [-0.4, -0.2) is 0 Å². The number of fused-ring (bicyclic) bond motifs is 11. The molecule has 2 aliphatic carbocycles. The van der Waals surface area contributed by atoms with E-state index in [1.54, 1.807) is 0 Å². The van der Waals surface area contributed by atoms with E-state index < -0.39 is 5.41 Å². The highest BCUT2D eigenvalue weighted by Gasteiger charge is 2.52. The Balaban J connectivity index is 1.09. The van der Waals surface area contributed by atoms with Gasteiger partial charge in [0, 0.05) is 33.8 Å². The zero-order valence-electron chi connectivity index (χ0n) is 36.8. The summed E-state index contributed by atoms with van der Waals surface area (Å²) >= 11 is 0. The van der Waals surface area contributed by atoms with E-state index in [2.05, 4.69) is 277 Å². The molecule has 2 heteroatoms. The second kappa shape index (κ2) is 15.8. The highest BCUT2D eigenvalue weighted by atomic mass is 15.2. The molecule has 11 aromatic carbocycles. The van der Waals surface area contributed by atoms with Crippen LogP contribution < -0.4 is 9.80 Å². The fraction of sp³-hybridized carbons (Fsp3) is 0.0154. The lowest BCUT2D eigenvalue weighted by Gasteiger charge is -2.33. The molecule has 0 aromatic heterocycles. The van der Waals surface area contributed by atoms with E-state index in [9.17, 15) is 0 Å². The second-order valence-corrected chi connectivity index (χ2v) is 17.6. The molecule has 0 heterocycles. The van der Waals surface area contributed by atoms with Gasteiger partial charge in [0.05, 0.1) is 22.5 Å². The average molecular weight is 853 g/mol. The fourth-order valence-corrected chi connectivity index (χ4v) is 11.3. The highest BCUT2D eigenvalue weighted by molar-refractivity contribution is 6.04. The Kier molecular flexibility index (Phi) is 9.11. The summed E-state index contributed by atoms with van der Waals surface area (Å²) in [6.07, 6.45) is 0. The SMILES string of the molecule is c1ccc(-c2ccccc2N(c2ccccc2)c2ccc3c(c2)C2(c4ccccc4-3)c3ccccc3-c3c(N(c4ccc5ccccc5c4)c4ccccc4-c4ccccc4)cccc32)cc1. The molecule has 1 atom stereocenters. The molecule has 0 radical (unpaired) electrons. The van der Waals surface area contributed by atoms with Gasteiger partial charge in [0.15, 0.2) is 0 Å². The van der Waals surface area contributed by atoms with Gasteiger partial charge in [-0.15, -0.1) is 0 Å². The molecule has 0 N–H and O–H groups in total. The standard InChI is InChI=1S/C65H44N2/c1-4-22-46(23-5-1)52-29-14-18-36-61(52)66(49-27-8-3-9-28-49)51-41-42-55-54-31-12-16-33-57(54)65(60(55)44-51)58-34-17-13-32-56(58)64-59(65)35-20-38-63(64)67(50-40-39-45-21-10-11-26-48(45)43-50)62-37-19-15-30-53(62)47-24-6-2-7-25-47/h1-44H. The van der Waals surface area contributed by atoms with Gasteiger partial charge in [0.1, 0.15) is 0 Å². The summed E-state index contributed by atoms with van der Waals surface area (Å²) < 4.78 is 0. The van der Waals surface area contributed by atoms with Gasteiger partial charge in [-0.05, 0) is 115 Å². The minimum Gasteiger partial charge on any atom is -0.310 e. The smallest absolute Gasteiger partial charge is 0.0727 e. The van der Waals surface area contributed by atoms with Crippen LogP contribution >= 0.6 is 0 Å². The van der Waals surface area contributed by atoms with Gasteiger partial charge in [-0.2, -0.15) is 0 Å². The summed E-state index contributed by atoms with van der Waals surface area (Å²) in [6.45, 7) is 0. The molecule has 0 aliphatic heterocycles. The molecule has 2 aliphatic rings. The molecule has 314 valence electrons. The molecule has 0 saturated heterocycles. The number of para-hydroxylation sites is 3. The Morgan fingerprint density at radius 2 is 0.701 bits per heavy atom. The summed E-state index contributed by atoms with van der Waals surface area (Å²) in [4.78, 5) is 4.96. The van der Waals surface area contributed by atoms with Crippen molar-refractivity contribution in [3.63, 3.8) is 0 Å². The Morgan fingerprint density at radius 1 is 0.239 bits per heavy atom. The maximum Gasteiger partial charge on any atom is 0.0727 e. The molecule has 1 unspecified atom stereocenters. The normalized spacial score (nSPS) is 14.0. The third kappa shape index (κ3) is 6.04. The fourth-order valence-electron chi connectivity index (χ4n) is 11.3. The van der Waals surface area contributed by atoms with Crippen molar-refractivity contribution < 1.29 is 0 Å². The van der Waals surface area contributed by atoms with Gasteiger partial charge in [0.25, 0.3) is 0 Å². The summed E-state index contributed by atoms with van der Waals surface area (Å²) in [7, 11) is 0. The lowest BCUT2D eigenvalue weighted by Crippen LogP contribution is -2.26. The first kappa shape index (κ1) is 38.7. The Hall–Kier alpha value is -8.72. The largest absolute Gasteiger partial charge is 0.310 e. The molecular weight excluding hydrogens is 809 g/mol. The van der Waals surface area contributed by atoms with E-state index in [1.165, 1.54) is 77.5 Å². The predicted octanol–water partition coefficient (Wildman–Crippen LogP) is 17.5. The first-order chi connectivity index (χ1) is 33.3. The minimum absolute atomic E-state index is 0.598. The van der Waals surface area contributed by atoms with Crippen LogP contribution in [0.4, 0.5) is 34.1 Å². The third-order valence-electron chi connectivity index (χ3n) is 14.0. The molecule has 13 rings (SSSR count). The van der Waals surface area contributed by atoms with E-state index in [0.29, 0.717) is 0 Å². The lowest BCUT2D eigenvalue weighted by atomic mass is 9.70. The van der Waals surface area contributed by atoms with Crippen LogP contribution in [0.15, 0.2) is 267 Å². The van der Waals surface area contributed by atoms with Crippen molar-refractivity contribution in [3.05, 3.63) is 289 Å². The van der Waals surface area contributed by atoms with Gasteiger partial charge < -0.3 is 9.80 Å². The molecule has 0 amide bonds. The van der Waals surface area contributed by atoms with Crippen LogP contribution in [0, 0.1) is 0 Å². The molecule has 0 bridgehead atoms. The maximum absolute atomic E-state index is 2.51. The Morgan fingerprint density at radius 3 is 1.39 bits per heavy atom. The number of rotatable bonds is 8. The van der Waals surface area contributed by atoms with Crippen molar-refractivity contribution in [2.24, 2.45) is 0 Å². The predicted molar refractivity (Wildman–Crippen MR) is 280 cm³/mol. The van der Waals surface area contributed by atoms with Crippen molar-refractivity contribution in [1.82, 2.24) is 0 Å².